The molecule has 2 aromatic carbocycles. The van der Waals surface area contributed by atoms with Crippen LogP contribution >= 0.6 is 0 Å². The maximum absolute atomic E-state index is 12.6. The van der Waals surface area contributed by atoms with E-state index in [1.807, 2.05) is 30.3 Å². The first-order valence-electron chi connectivity index (χ1n) is 11.3. The summed E-state index contributed by atoms with van der Waals surface area (Å²) in [4.78, 5) is 24.5. The number of nitrogens with one attached hydrogen (secondary N) is 2. The molecule has 9 heteroatoms. The fourth-order valence-corrected chi connectivity index (χ4v) is 4.52. The van der Waals surface area contributed by atoms with Gasteiger partial charge in [-0.05, 0) is 42.3 Å². The van der Waals surface area contributed by atoms with E-state index in [0.29, 0.717) is 24.4 Å². The predicted octanol–water partition coefficient (Wildman–Crippen LogP) is 1.98. The Kier molecular flexibility index (Phi) is 7.66. The van der Waals surface area contributed by atoms with Gasteiger partial charge in [-0.25, -0.2) is 0 Å². The minimum Gasteiger partial charge on any atom is -0.497 e. The molecule has 4 atom stereocenters. The largest absolute Gasteiger partial charge is 0.497 e. The topological polar surface area (TPSA) is 115 Å². The van der Waals surface area contributed by atoms with Crippen molar-refractivity contribution in [2.24, 2.45) is 0 Å². The standard InChI is InChI=1S/C25H30N2O7/c1-31-14-24(30)27-16-5-8-21-19(9-16)20-10-18(33-22(13-28)25(20)34-21)11-23(29)26-12-15-3-6-17(32-2)7-4-15/h3-9,18,20,22,25,28H,10-14H2,1-2H3,(H,26,29)(H,27,30)/t18-,20+,22+,25-/m1/s1. The molecule has 0 radical (unpaired) electrons. The lowest BCUT2D eigenvalue weighted by atomic mass is 9.84. The molecule has 0 bridgehead atoms. The van der Waals surface area contributed by atoms with E-state index in [2.05, 4.69) is 10.6 Å². The van der Waals surface area contributed by atoms with Gasteiger partial charge in [0, 0.05) is 30.8 Å². The van der Waals surface area contributed by atoms with Crippen LogP contribution in [0.1, 0.15) is 29.9 Å². The molecule has 2 aromatic rings. The number of hydrogen-bond acceptors (Lipinski definition) is 7. The number of carbonyl (C=O) groups excluding carboxylic acids is 2. The highest BCUT2D eigenvalue weighted by Gasteiger charge is 2.46. The van der Waals surface area contributed by atoms with E-state index in [1.165, 1.54) is 7.11 Å². The molecule has 1 saturated heterocycles. The minimum atomic E-state index is -0.544. The summed E-state index contributed by atoms with van der Waals surface area (Å²) in [6, 6.07) is 13.0. The molecule has 1 fully saturated rings. The summed E-state index contributed by atoms with van der Waals surface area (Å²) in [5.41, 5.74) is 2.55. The Morgan fingerprint density at radius 2 is 1.91 bits per heavy atom. The van der Waals surface area contributed by atoms with Crippen molar-refractivity contribution in [3.63, 3.8) is 0 Å². The summed E-state index contributed by atoms with van der Waals surface area (Å²) in [5, 5.41) is 15.6. The number of amides is 2. The maximum Gasteiger partial charge on any atom is 0.250 e. The van der Waals surface area contributed by atoms with E-state index >= 15 is 0 Å². The molecule has 182 valence electrons. The smallest absolute Gasteiger partial charge is 0.250 e. The number of aliphatic hydroxyl groups is 1. The summed E-state index contributed by atoms with van der Waals surface area (Å²) in [7, 11) is 3.07. The van der Waals surface area contributed by atoms with E-state index in [9.17, 15) is 14.7 Å². The highest BCUT2D eigenvalue weighted by Crippen LogP contribution is 2.47. The van der Waals surface area contributed by atoms with Gasteiger partial charge in [0.15, 0.2) is 0 Å². The quantitative estimate of drug-likeness (QED) is 0.513. The van der Waals surface area contributed by atoms with Crippen LogP contribution in [-0.4, -0.2) is 62.7 Å². The highest BCUT2D eigenvalue weighted by atomic mass is 16.6. The highest BCUT2D eigenvalue weighted by molar-refractivity contribution is 5.92. The van der Waals surface area contributed by atoms with Crippen molar-refractivity contribution in [3.05, 3.63) is 53.6 Å². The number of benzene rings is 2. The van der Waals surface area contributed by atoms with Crippen LogP contribution in [0.25, 0.3) is 0 Å². The van der Waals surface area contributed by atoms with Crippen LogP contribution < -0.4 is 20.1 Å². The third-order valence-electron chi connectivity index (χ3n) is 6.12. The fraction of sp³-hybridized carbons (Fsp3) is 0.440. The van der Waals surface area contributed by atoms with Crippen LogP contribution in [0.3, 0.4) is 0 Å². The Labute approximate surface area is 198 Å². The Balaban J connectivity index is 1.39. The van der Waals surface area contributed by atoms with Gasteiger partial charge in [0.2, 0.25) is 11.8 Å². The van der Waals surface area contributed by atoms with Crippen molar-refractivity contribution in [1.82, 2.24) is 5.32 Å². The van der Waals surface area contributed by atoms with Crippen LogP contribution in [0.5, 0.6) is 11.5 Å². The summed E-state index contributed by atoms with van der Waals surface area (Å²) in [5.74, 6) is 1.03. The van der Waals surface area contributed by atoms with Gasteiger partial charge in [0.05, 0.1) is 26.2 Å². The number of fused-ring (bicyclic) bond motifs is 3. The first-order valence-corrected chi connectivity index (χ1v) is 11.3. The SMILES string of the molecule is COCC(=O)Nc1ccc2c(c1)[C@@H]1C[C@H](CC(=O)NCc3ccc(OC)cc3)O[C@@H](CO)[C@@H]1O2. The fourth-order valence-electron chi connectivity index (χ4n) is 4.52. The summed E-state index contributed by atoms with van der Waals surface area (Å²) >= 11 is 0. The lowest BCUT2D eigenvalue weighted by Gasteiger charge is -2.37. The van der Waals surface area contributed by atoms with Crippen molar-refractivity contribution in [2.75, 3.05) is 32.8 Å². The Morgan fingerprint density at radius 1 is 1.12 bits per heavy atom. The van der Waals surface area contributed by atoms with Crippen molar-refractivity contribution in [3.8, 4) is 11.5 Å². The van der Waals surface area contributed by atoms with Gasteiger partial charge in [0.1, 0.15) is 30.3 Å². The molecule has 3 N–H and O–H groups in total. The van der Waals surface area contributed by atoms with E-state index < -0.39 is 6.10 Å². The molecule has 4 rings (SSSR count). The van der Waals surface area contributed by atoms with Crippen molar-refractivity contribution < 1.29 is 33.6 Å². The molecule has 0 spiro atoms. The molecule has 2 aliphatic heterocycles. The summed E-state index contributed by atoms with van der Waals surface area (Å²) < 4.78 is 22.1. The van der Waals surface area contributed by atoms with E-state index in [4.69, 9.17) is 18.9 Å². The van der Waals surface area contributed by atoms with E-state index in [-0.39, 0.29) is 49.6 Å². The van der Waals surface area contributed by atoms with Gasteiger partial charge < -0.3 is 34.7 Å². The molecule has 0 aliphatic carbocycles. The van der Waals surface area contributed by atoms with Crippen molar-refractivity contribution >= 4 is 17.5 Å². The molecule has 2 amide bonds. The number of hydrogen-bond donors (Lipinski definition) is 3. The van der Waals surface area contributed by atoms with Crippen molar-refractivity contribution in [1.29, 1.82) is 0 Å². The maximum atomic E-state index is 12.6. The number of aliphatic hydroxyl groups excluding tert-OH is 1. The lowest BCUT2D eigenvalue weighted by molar-refractivity contribution is -0.142. The second-order valence-electron chi connectivity index (χ2n) is 8.47. The lowest BCUT2D eigenvalue weighted by Crippen LogP contribution is -2.47. The molecular formula is C25H30N2O7. The third kappa shape index (κ3) is 5.49. The monoisotopic (exact) mass is 470 g/mol. The average Bonchev–Trinajstić information content (AvgIpc) is 3.20. The van der Waals surface area contributed by atoms with Gasteiger partial charge in [-0.2, -0.15) is 0 Å². The molecule has 0 saturated carbocycles. The average molecular weight is 471 g/mol. The second kappa shape index (κ2) is 10.9. The van der Waals surface area contributed by atoms with Gasteiger partial charge in [0.25, 0.3) is 0 Å². The number of anilines is 1. The minimum absolute atomic E-state index is 0.0340. The van der Waals surface area contributed by atoms with Gasteiger partial charge in [-0.1, -0.05) is 12.1 Å². The normalized spacial score (nSPS) is 22.8. The van der Waals surface area contributed by atoms with Crippen LogP contribution in [-0.2, 0) is 25.6 Å². The zero-order valence-electron chi connectivity index (χ0n) is 19.3. The van der Waals surface area contributed by atoms with Crippen LogP contribution in [0.2, 0.25) is 0 Å². The molecule has 2 heterocycles. The van der Waals surface area contributed by atoms with Gasteiger partial charge >= 0.3 is 0 Å². The summed E-state index contributed by atoms with van der Waals surface area (Å²) in [6.45, 7) is 0.159. The number of rotatable bonds is 9. The predicted molar refractivity (Wildman–Crippen MR) is 124 cm³/mol. The van der Waals surface area contributed by atoms with Crippen molar-refractivity contribution in [2.45, 2.75) is 43.6 Å². The molecule has 2 aliphatic rings. The van der Waals surface area contributed by atoms with Crippen LogP contribution in [0, 0.1) is 0 Å². The van der Waals surface area contributed by atoms with Gasteiger partial charge in [-0.15, -0.1) is 0 Å². The Morgan fingerprint density at radius 3 is 2.62 bits per heavy atom. The zero-order valence-corrected chi connectivity index (χ0v) is 19.3. The number of methoxy groups -OCH3 is 2. The van der Waals surface area contributed by atoms with E-state index in [0.717, 1.165) is 16.9 Å². The first kappa shape index (κ1) is 24.0. The molecule has 0 aromatic heterocycles. The number of ether oxygens (including phenoxy) is 4. The van der Waals surface area contributed by atoms with Crippen LogP contribution in [0.4, 0.5) is 5.69 Å². The molecule has 34 heavy (non-hydrogen) atoms. The molecule has 9 nitrogen and oxygen atoms in total. The third-order valence-corrected chi connectivity index (χ3v) is 6.12. The Hall–Kier alpha value is -3.14. The van der Waals surface area contributed by atoms with E-state index in [1.54, 1.807) is 19.2 Å². The molecule has 0 unspecified atom stereocenters. The number of carbonyl (C=O) groups is 2. The molecular weight excluding hydrogens is 440 g/mol. The van der Waals surface area contributed by atoms with Crippen LogP contribution in [0.15, 0.2) is 42.5 Å². The Bertz CT molecular complexity index is 1010. The zero-order chi connectivity index (χ0) is 24.1. The summed E-state index contributed by atoms with van der Waals surface area (Å²) in [6.07, 6.45) is -0.508. The first-order chi connectivity index (χ1) is 16.5. The second-order valence-corrected chi connectivity index (χ2v) is 8.47. The van der Waals surface area contributed by atoms with Gasteiger partial charge in [-0.3, -0.25) is 9.59 Å².